The van der Waals surface area contributed by atoms with Gasteiger partial charge in [0.15, 0.2) is 0 Å². The van der Waals surface area contributed by atoms with Crippen molar-refractivity contribution in [2.45, 2.75) is 13.5 Å². The zero-order valence-corrected chi connectivity index (χ0v) is 11.3. The molecule has 0 aliphatic rings. The summed E-state index contributed by atoms with van der Waals surface area (Å²) in [6, 6.07) is 11.1. The van der Waals surface area contributed by atoms with Gasteiger partial charge in [0, 0.05) is 35.5 Å². The number of anilines is 1. The summed E-state index contributed by atoms with van der Waals surface area (Å²) in [6.45, 7) is 1.92. The summed E-state index contributed by atoms with van der Waals surface area (Å²) in [6.07, 6.45) is 0. The molecule has 0 heterocycles. The number of hydrogen-bond donors (Lipinski definition) is 1. The first-order valence-electron chi connectivity index (χ1n) is 6.20. The van der Waals surface area contributed by atoms with Crippen LogP contribution in [0.1, 0.15) is 11.1 Å². The van der Waals surface area contributed by atoms with E-state index in [1.807, 2.05) is 0 Å². The lowest BCUT2D eigenvalue weighted by molar-refractivity contribution is -0.385. The van der Waals surface area contributed by atoms with Crippen LogP contribution in [0.2, 0.25) is 0 Å². The number of nitro groups is 2. The van der Waals surface area contributed by atoms with E-state index in [4.69, 9.17) is 0 Å². The second-order valence-electron chi connectivity index (χ2n) is 4.50. The largest absolute Gasteiger partial charge is 0.381 e. The lowest BCUT2D eigenvalue weighted by Gasteiger charge is -2.08. The van der Waals surface area contributed by atoms with E-state index in [9.17, 15) is 20.2 Å². The molecule has 0 aliphatic carbocycles. The minimum Gasteiger partial charge on any atom is -0.381 e. The van der Waals surface area contributed by atoms with E-state index in [0.29, 0.717) is 16.8 Å². The Hall–Kier alpha value is -2.96. The van der Waals surface area contributed by atoms with Crippen LogP contribution in [0, 0.1) is 27.2 Å². The predicted molar refractivity (Wildman–Crippen MR) is 78.3 cm³/mol. The van der Waals surface area contributed by atoms with Crippen LogP contribution in [0.25, 0.3) is 0 Å². The van der Waals surface area contributed by atoms with Gasteiger partial charge in [-0.05, 0) is 19.1 Å². The lowest BCUT2D eigenvalue weighted by Crippen LogP contribution is -2.03. The minimum atomic E-state index is -0.443. The Balaban J connectivity index is 2.16. The number of aryl methyl sites for hydroxylation is 1. The summed E-state index contributed by atoms with van der Waals surface area (Å²) in [5.41, 5.74) is 1.86. The molecule has 0 spiro atoms. The van der Waals surface area contributed by atoms with Crippen LogP contribution in [0.15, 0.2) is 42.5 Å². The first kappa shape index (κ1) is 14.4. The highest BCUT2D eigenvalue weighted by Gasteiger charge is 2.13. The summed E-state index contributed by atoms with van der Waals surface area (Å²) >= 11 is 0. The van der Waals surface area contributed by atoms with E-state index >= 15 is 0 Å². The number of rotatable bonds is 5. The monoisotopic (exact) mass is 287 g/mol. The standard InChI is InChI=1S/C14H13N3O4/c1-10-8-12(6-7-13(10)16(18)19)15-9-11-4-2-3-5-14(11)17(20)21/h2-8,15H,9H2,1H3. The Morgan fingerprint density at radius 1 is 1.00 bits per heavy atom. The van der Waals surface area contributed by atoms with Gasteiger partial charge in [0.25, 0.3) is 11.4 Å². The fourth-order valence-corrected chi connectivity index (χ4v) is 2.01. The lowest BCUT2D eigenvalue weighted by atomic mass is 10.1. The van der Waals surface area contributed by atoms with Crippen molar-refractivity contribution in [1.82, 2.24) is 0 Å². The number of hydrogen-bond acceptors (Lipinski definition) is 5. The Labute approximate surface area is 120 Å². The Bertz CT molecular complexity index is 700. The van der Waals surface area contributed by atoms with Crippen molar-refractivity contribution in [3.8, 4) is 0 Å². The molecule has 21 heavy (non-hydrogen) atoms. The van der Waals surface area contributed by atoms with Gasteiger partial charge in [-0.1, -0.05) is 18.2 Å². The molecule has 7 nitrogen and oxygen atoms in total. The second kappa shape index (κ2) is 6.00. The first-order valence-corrected chi connectivity index (χ1v) is 6.20. The Morgan fingerprint density at radius 3 is 2.29 bits per heavy atom. The molecule has 0 aromatic heterocycles. The summed E-state index contributed by atoms with van der Waals surface area (Å²) in [5, 5.41) is 24.7. The molecule has 0 saturated heterocycles. The normalized spacial score (nSPS) is 10.1. The predicted octanol–water partition coefficient (Wildman–Crippen LogP) is 3.42. The summed E-state index contributed by atoms with van der Waals surface area (Å²) in [7, 11) is 0. The molecule has 0 atom stereocenters. The smallest absolute Gasteiger partial charge is 0.274 e. The maximum absolute atomic E-state index is 10.9. The van der Waals surface area contributed by atoms with Crippen LogP contribution in [0.3, 0.4) is 0 Å². The maximum atomic E-state index is 10.9. The van der Waals surface area contributed by atoms with Crippen molar-refractivity contribution in [2.24, 2.45) is 0 Å². The van der Waals surface area contributed by atoms with Gasteiger partial charge in [0.2, 0.25) is 0 Å². The fraction of sp³-hybridized carbons (Fsp3) is 0.143. The molecule has 0 saturated carbocycles. The molecule has 2 rings (SSSR count). The molecular formula is C14H13N3O4. The number of nitrogens with zero attached hydrogens (tertiary/aromatic N) is 2. The van der Waals surface area contributed by atoms with E-state index in [-0.39, 0.29) is 17.9 Å². The second-order valence-corrected chi connectivity index (χ2v) is 4.50. The summed E-state index contributed by atoms with van der Waals surface area (Å²) in [5.74, 6) is 0. The number of nitro benzene ring substituents is 2. The average molecular weight is 287 g/mol. The third-order valence-corrected chi connectivity index (χ3v) is 3.06. The van der Waals surface area contributed by atoms with Crippen LogP contribution < -0.4 is 5.32 Å². The van der Waals surface area contributed by atoms with Gasteiger partial charge in [-0.2, -0.15) is 0 Å². The molecule has 0 radical (unpaired) electrons. The molecule has 0 aliphatic heterocycles. The molecule has 0 fully saturated rings. The third-order valence-electron chi connectivity index (χ3n) is 3.06. The number of para-hydroxylation sites is 1. The molecule has 108 valence electrons. The molecule has 0 unspecified atom stereocenters. The zero-order valence-electron chi connectivity index (χ0n) is 11.3. The average Bonchev–Trinajstić information content (AvgIpc) is 2.45. The van der Waals surface area contributed by atoms with E-state index in [1.54, 1.807) is 37.3 Å². The van der Waals surface area contributed by atoms with Gasteiger partial charge in [-0.3, -0.25) is 20.2 Å². The topological polar surface area (TPSA) is 98.3 Å². The van der Waals surface area contributed by atoms with Gasteiger partial charge in [-0.15, -0.1) is 0 Å². The minimum absolute atomic E-state index is 0.0450. The molecular weight excluding hydrogens is 274 g/mol. The van der Waals surface area contributed by atoms with Gasteiger partial charge >= 0.3 is 0 Å². The maximum Gasteiger partial charge on any atom is 0.274 e. The van der Waals surface area contributed by atoms with Crippen molar-refractivity contribution < 1.29 is 9.85 Å². The zero-order chi connectivity index (χ0) is 15.4. The van der Waals surface area contributed by atoms with Gasteiger partial charge in [-0.25, -0.2) is 0 Å². The number of nitrogens with one attached hydrogen (secondary N) is 1. The first-order chi connectivity index (χ1) is 9.99. The summed E-state index contributed by atoms with van der Waals surface area (Å²) in [4.78, 5) is 20.8. The highest BCUT2D eigenvalue weighted by Crippen LogP contribution is 2.23. The molecule has 0 bridgehead atoms. The summed E-state index contributed by atoms with van der Waals surface area (Å²) < 4.78 is 0. The molecule has 7 heteroatoms. The van der Waals surface area contributed by atoms with Gasteiger partial charge < -0.3 is 5.32 Å². The SMILES string of the molecule is Cc1cc(NCc2ccccc2[N+](=O)[O-])ccc1[N+](=O)[O-]. The van der Waals surface area contributed by atoms with Gasteiger partial charge in [0.1, 0.15) is 0 Å². The van der Waals surface area contributed by atoms with Crippen molar-refractivity contribution >= 4 is 17.1 Å². The van der Waals surface area contributed by atoms with Crippen LogP contribution in [0.4, 0.5) is 17.1 Å². The molecule has 2 aromatic carbocycles. The third kappa shape index (κ3) is 3.33. The van der Waals surface area contributed by atoms with Gasteiger partial charge in [0.05, 0.1) is 9.85 Å². The fourth-order valence-electron chi connectivity index (χ4n) is 2.01. The molecule has 0 amide bonds. The van der Waals surface area contributed by atoms with Crippen molar-refractivity contribution in [2.75, 3.05) is 5.32 Å². The van der Waals surface area contributed by atoms with E-state index in [1.165, 1.54) is 12.1 Å². The Morgan fingerprint density at radius 2 is 1.67 bits per heavy atom. The van der Waals surface area contributed by atoms with E-state index in [2.05, 4.69) is 5.32 Å². The van der Waals surface area contributed by atoms with Crippen LogP contribution in [-0.2, 0) is 6.54 Å². The van der Waals surface area contributed by atoms with Crippen molar-refractivity contribution in [3.63, 3.8) is 0 Å². The van der Waals surface area contributed by atoms with Crippen LogP contribution in [-0.4, -0.2) is 9.85 Å². The number of benzene rings is 2. The highest BCUT2D eigenvalue weighted by atomic mass is 16.6. The highest BCUT2D eigenvalue weighted by molar-refractivity contribution is 5.54. The van der Waals surface area contributed by atoms with Crippen molar-refractivity contribution in [1.29, 1.82) is 0 Å². The molecule has 2 aromatic rings. The molecule has 1 N–H and O–H groups in total. The van der Waals surface area contributed by atoms with Crippen LogP contribution in [0.5, 0.6) is 0 Å². The van der Waals surface area contributed by atoms with Crippen LogP contribution >= 0.6 is 0 Å². The van der Waals surface area contributed by atoms with Crippen molar-refractivity contribution in [3.05, 3.63) is 73.8 Å². The quantitative estimate of drug-likeness (QED) is 0.671. The Kier molecular flexibility index (Phi) is 4.13. The van der Waals surface area contributed by atoms with E-state index in [0.717, 1.165) is 0 Å². The van der Waals surface area contributed by atoms with E-state index < -0.39 is 9.85 Å².